The third-order valence-corrected chi connectivity index (χ3v) is 8.51. The van der Waals surface area contributed by atoms with Gasteiger partial charge in [-0.15, -0.1) is 4.31 Å². The number of benzene rings is 1. The zero-order valence-corrected chi connectivity index (χ0v) is 19.9. The van der Waals surface area contributed by atoms with Gasteiger partial charge in [0.15, 0.2) is 20.9 Å². The van der Waals surface area contributed by atoms with Gasteiger partial charge in [-0.2, -0.15) is 18.3 Å². The summed E-state index contributed by atoms with van der Waals surface area (Å²) in [5.74, 6) is -0.294. The van der Waals surface area contributed by atoms with Gasteiger partial charge in [0.25, 0.3) is 5.91 Å². The van der Waals surface area contributed by atoms with E-state index in [1.807, 2.05) is 0 Å². The van der Waals surface area contributed by atoms with E-state index in [0.29, 0.717) is 40.7 Å². The molecule has 1 aliphatic carbocycles. The second kappa shape index (κ2) is 8.38. The second-order valence-corrected chi connectivity index (χ2v) is 11.0. The minimum Gasteiger partial charge on any atom is -0.593 e. The Morgan fingerprint density at radius 2 is 1.94 bits per heavy atom. The molecule has 3 heterocycles. The van der Waals surface area contributed by atoms with Gasteiger partial charge < -0.3 is 9.87 Å². The SMILES string of the molecule is CNC(=O)c1cc(C2CC2)nc2c1c(C1CCN([S+](=O)([O-])c3cccc(C(F)(F)F)c3)C1)nn2C. The minimum absolute atomic E-state index is 0.0439. The van der Waals surface area contributed by atoms with Crippen LogP contribution >= 0.6 is 0 Å². The Bertz CT molecular complexity index is 1370. The Labute approximate surface area is 200 Å². The van der Waals surface area contributed by atoms with Crippen molar-refractivity contribution in [2.75, 3.05) is 20.1 Å². The molecule has 2 fully saturated rings. The van der Waals surface area contributed by atoms with E-state index < -0.39 is 27.0 Å². The van der Waals surface area contributed by atoms with E-state index >= 15 is 0 Å². The summed E-state index contributed by atoms with van der Waals surface area (Å²) in [6.45, 7) is 0.173. The fourth-order valence-corrected chi connectivity index (χ4v) is 6.18. The zero-order chi connectivity index (χ0) is 25.1. The first-order chi connectivity index (χ1) is 16.5. The number of hydrogen-bond acceptors (Lipinski definition) is 5. The lowest BCUT2D eigenvalue weighted by atomic mass is 9.98. The van der Waals surface area contributed by atoms with Crippen LogP contribution < -0.4 is 5.32 Å². The second-order valence-electron chi connectivity index (χ2n) is 9.03. The average Bonchev–Trinajstić information content (AvgIpc) is 3.46. The Hall–Kier alpha value is -2.83. The van der Waals surface area contributed by atoms with Gasteiger partial charge in [-0.3, -0.25) is 9.48 Å². The lowest BCUT2D eigenvalue weighted by Crippen LogP contribution is -2.34. The smallest absolute Gasteiger partial charge is 0.416 e. The van der Waals surface area contributed by atoms with Crippen molar-refractivity contribution >= 4 is 27.3 Å². The van der Waals surface area contributed by atoms with E-state index in [-0.39, 0.29) is 24.9 Å². The first kappa shape index (κ1) is 23.9. The van der Waals surface area contributed by atoms with E-state index in [1.165, 1.54) is 10.4 Å². The van der Waals surface area contributed by atoms with E-state index in [9.17, 15) is 26.7 Å². The molecule has 1 amide bonds. The summed E-state index contributed by atoms with van der Waals surface area (Å²) < 4.78 is 68.5. The highest BCUT2D eigenvalue weighted by Crippen LogP contribution is 2.42. The van der Waals surface area contributed by atoms with Crippen LogP contribution in [0.2, 0.25) is 0 Å². The van der Waals surface area contributed by atoms with Crippen LogP contribution in [0.1, 0.15) is 58.4 Å². The van der Waals surface area contributed by atoms with Crippen molar-refractivity contribution in [3.8, 4) is 0 Å². The predicted molar refractivity (Wildman–Crippen MR) is 121 cm³/mol. The average molecular weight is 508 g/mol. The summed E-state index contributed by atoms with van der Waals surface area (Å²) in [5, 5.41) is 7.85. The van der Waals surface area contributed by atoms with Gasteiger partial charge in [-0.25, -0.2) is 4.98 Å². The number of nitrogens with zero attached hydrogens (tertiary/aromatic N) is 4. The standard InChI is InChI=1S/C23H24F3N5O3S/c1-27-22(32)17-11-18(13-6-7-13)28-21-19(17)20(29-30(21)2)14-8-9-31(12-14)35(33,34)16-5-3-4-15(10-16)23(24,25)26/h3-5,10-11,13-14H,6-9,12H2,1-2H3,(H-,27,32,33,34). The number of carbonyl (C=O) groups is 1. The fraction of sp³-hybridized carbons (Fsp3) is 0.435. The highest BCUT2D eigenvalue weighted by molar-refractivity contribution is 7.95. The van der Waals surface area contributed by atoms with Crippen LogP contribution in [0, 0.1) is 0 Å². The number of carbonyl (C=O) groups excluding carboxylic acids is 1. The first-order valence-corrected chi connectivity index (χ1v) is 12.7. The minimum atomic E-state index is -4.64. The molecule has 0 spiro atoms. The van der Waals surface area contributed by atoms with Crippen molar-refractivity contribution in [3.05, 3.63) is 52.8 Å². The number of nitrogens with one attached hydrogen (secondary N) is 1. The van der Waals surface area contributed by atoms with Gasteiger partial charge in [0.05, 0.1) is 28.8 Å². The van der Waals surface area contributed by atoms with Gasteiger partial charge in [0.1, 0.15) is 0 Å². The maximum atomic E-state index is 13.2. The molecule has 1 saturated carbocycles. The van der Waals surface area contributed by atoms with Gasteiger partial charge in [-0.05, 0) is 37.5 Å². The van der Waals surface area contributed by atoms with E-state index in [1.54, 1.807) is 24.8 Å². The van der Waals surface area contributed by atoms with E-state index in [4.69, 9.17) is 4.98 Å². The molecule has 12 heteroatoms. The number of pyridine rings is 1. The largest absolute Gasteiger partial charge is 0.593 e. The number of alkyl halides is 3. The number of amides is 1. The maximum Gasteiger partial charge on any atom is 0.416 e. The Balaban J connectivity index is 1.50. The molecular weight excluding hydrogens is 483 g/mol. The molecule has 2 atom stereocenters. The number of hydrogen-bond donors (Lipinski definition) is 1. The summed E-state index contributed by atoms with van der Waals surface area (Å²) in [4.78, 5) is 17.1. The molecule has 1 saturated heterocycles. The van der Waals surface area contributed by atoms with Crippen molar-refractivity contribution in [2.45, 2.75) is 42.2 Å². The summed E-state index contributed by atoms with van der Waals surface area (Å²) in [6.07, 6.45) is -2.20. The molecule has 2 aromatic heterocycles. The van der Waals surface area contributed by atoms with Crippen LogP contribution in [0.15, 0.2) is 35.2 Å². The summed E-state index contributed by atoms with van der Waals surface area (Å²) >= 11 is 0. The van der Waals surface area contributed by atoms with Gasteiger partial charge >= 0.3 is 6.18 Å². The fourth-order valence-electron chi connectivity index (χ4n) is 4.64. The lowest BCUT2D eigenvalue weighted by molar-refractivity contribution is -0.137. The molecule has 0 radical (unpaired) electrons. The predicted octanol–water partition coefficient (Wildman–Crippen LogP) is 3.62. The van der Waals surface area contributed by atoms with Crippen LogP contribution in [-0.4, -0.2) is 49.7 Å². The Morgan fingerprint density at radius 3 is 2.60 bits per heavy atom. The molecule has 2 unspecified atom stereocenters. The summed E-state index contributed by atoms with van der Waals surface area (Å²) in [6, 6.07) is 5.55. The normalized spacial score (nSPS) is 20.8. The number of aryl methyl sites for hydroxylation is 1. The lowest BCUT2D eigenvalue weighted by Gasteiger charge is -2.24. The number of aromatic nitrogens is 3. The third-order valence-electron chi connectivity index (χ3n) is 6.64. The van der Waals surface area contributed by atoms with Gasteiger partial charge in [0, 0.05) is 44.2 Å². The molecule has 0 bridgehead atoms. The van der Waals surface area contributed by atoms with Crippen LogP contribution in [0.4, 0.5) is 13.2 Å². The summed E-state index contributed by atoms with van der Waals surface area (Å²) in [5.41, 5.74) is 1.39. The number of rotatable bonds is 5. The molecule has 1 aliphatic heterocycles. The maximum absolute atomic E-state index is 13.2. The number of sulfonamides is 1. The molecular formula is C23H24F3N5O3S. The molecule has 3 aromatic rings. The molecule has 2 aliphatic rings. The Kier molecular flexibility index (Phi) is 5.72. The topological polar surface area (TPSA) is 103 Å². The van der Waals surface area contributed by atoms with E-state index in [2.05, 4.69) is 10.4 Å². The molecule has 1 aromatic carbocycles. The quantitative estimate of drug-likeness (QED) is 0.532. The Morgan fingerprint density at radius 1 is 1.20 bits per heavy atom. The highest BCUT2D eigenvalue weighted by Gasteiger charge is 2.41. The van der Waals surface area contributed by atoms with Crippen molar-refractivity contribution in [3.63, 3.8) is 0 Å². The van der Waals surface area contributed by atoms with Crippen LogP contribution in [0.25, 0.3) is 11.0 Å². The van der Waals surface area contributed by atoms with Crippen LogP contribution in [0.3, 0.4) is 0 Å². The zero-order valence-electron chi connectivity index (χ0n) is 19.1. The summed E-state index contributed by atoms with van der Waals surface area (Å²) in [7, 11) is -0.872. The number of halogens is 3. The molecule has 35 heavy (non-hydrogen) atoms. The van der Waals surface area contributed by atoms with Crippen LogP contribution in [-0.2, 0) is 27.8 Å². The van der Waals surface area contributed by atoms with Crippen molar-refractivity contribution in [2.24, 2.45) is 7.05 Å². The van der Waals surface area contributed by atoms with Gasteiger partial charge in [-0.1, -0.05) is 10.3 Å². The molecule has 1 N–H and O–H groups in total. The van der Waals surface area contributed by atoms with E-state index in [0.717, 1.165) is 30.7 Å². The third kappa shape index (κ3) is 4.23. The monoisotopic (exact) mass is 507 g/mol. The molecule has 186 valence electrons. The molecule has 8 nitrogen and oxygen atoms in total. The van der Waals surface area contributed by atoms with Gasteiger partial charge in [0.2, 0.25) is 0 Å². The highest BCUT2D eigenvalue weighted by atomic mass is 32.3. The van der Waals surface area contributed by atoms with Crippen LogP contribution in [0.5, 0.6) is 0 Å². The first-order valence-electron chi connectivity index (χ1n) is 11.3. The number of fused-ring (bicyclic) bond motifs is 1. The van der Waals surface area contributed by atoms with Crippen molar-refractivity contribution in [1.29, 1.82) is 0 Å². The van der Waals surface area contributed by atoms with Crippen molar-refractivity contribution < 1.29 is 26.7 Å². The molecule has 5 rings (SSSR count). The van der Waals surface area contributed by atoms with Crippen molar-refractivity contribution in [1.82, 2.24) is 24.4 Å².